The summed E-state index contributed by atoms with van der Waals surface area (Å²) in [6.45, 7) is 3.80. The number of aryl methyl sites for hydroxylation is 1. The molecule has 0 saturated heterocycles. The first-order chi connectivity index (χ1) is 7.09. The van der Waals surface area contributed by atoms with Crippen LogP contribution in [0.25, 0.3) is 5.82 Å². The molecule has 1 N–H and O–H groups in total. The van der Waals surface area contributed by atoms with Gasteiger partial charge in [0.2, 0.25) is 0 Å². The first-order valence-electron chi connectivity index (χ1n) is 4.36. The molecule has 2 aromatic rings. The van der Waals surface area contributed by atoms with Crippen LogP contribution in [0.1, 0.15) is 11.4 Å². The Balaban J connectivity index is 2.64. The highest BCUT2D eigenvalue weighted by Crippen LogP contribution is 2.21. The summed E-state index contributed by atoms with van der Waals surface area (Å²) in [4.78, 5) is 17.6. The first kappa shape index (κ1) is 10.1. The molecule has 0 atom stereocenters. The standard InChI is InChI=1S/C9H9BrN4O/c1-5-9(10)6(2)14(13-5)7-3-8(15)12-4-11-7/h3-4H,1-2H3,(H,11,12,15). The average Bonchev–Trinajstić information content (AvgIpc) is 2.46. The van der Waals surface area contributed by atoms with Gasteiger partial charge in [-0.15, -0.1) is 0 Å². The number of H-pyrrole nitrogens is 1. The molecule has 0 unspecified atom stereocenters. The quantitative estimate of drug-likeness (QED) is 0.849. The maximum atomic E-state index is 11.1. The van der Waals surface area contributed by atoms with Gasteiger partial charge in [-0.1, -0.05) is 0 Å². The van der Waals surface area contributed by atoms with Gasteiger partial charge in [0.25, 0.3) is 5.56 Å². The number of hydrogen-bond acceptors (Lipinski definition) is 3. The molecule has 0 aliphatic carbocycles. The molecule has 0 aliphatic heterocycles. The van der Waals surface area contributed by atoms with Crippen molar-refractivity contribution in [2.24, 2.45) is 0 Å². The summed E-state index contributed by atoms with van der Waals surface area (Å²) >= 11 is 3.42. The van der Waals surface area contributed by atoms with Crippen molar-refractivity contribution in [3.8, 4) is 5.82 Å². The molecule has 0 amide bonds. The Labute approximate surface area is 94.3 Å². The van der Waals surface area contributed by atoms with Crippen LogP contribution in [0.15, 0.2) is 21.7 Å². The summed E-state index contributed by atoms with van der Waals surface area (Å²) in [5.41, 5.74) is 1.60. The maximum Gasteiger partial charge on any atom is 0.252 e. The van der Waals surface area contributed by atoms with Gasteiger partial charge in [0.05, 0.1) is 22.2 Å². The van der Waals surface area contributed by atoms with Crippen LogP contribution in [0.2, 0.25) is 0 Å². The van der Waals surface area contributed by atoms with E-state index in [2.05, 4.69) is 31.0 Å². The molecule has 2 aromatic heterocycles. The number of hydrogen-bond donors (Lipinski definition) is 1. The van der Waals surface area contributed by atoms with Crippen LogP contribution in [0.4, 0.5) is 0 Å². The molecule has 6 heteroatoms. The first-order valence-corrected chi connectivity index (χ1v) is 5.15. The summed E-state index contributed by atoms with van der Waals surface area (Å²) in [7, 11) is 0. The lowest BCUT2D eigenvalue weighted by molar-refractivity contribution is 0.797. The lowest BCUT2D eigenvalue weighted by Gasteiger charge is -2.01. The predicted molar refractivity (Wildman–Crippen MR) is 59.2 cm³/mol. The van der Waals surface area contributed by atoms with Gasteiger partial charge < -0.3 is 4.98 Å². The van der Waals surface area contributed by atoms with Gasteiger partial charge in [0, 0.05) is 6.07 Å². The van der Waals surface area contributed by atoms with E-state index in [1.165, 1.54) is 12.4 Å². The van der Waals surface area contributed by atoms with Crippen molar-refractivity contribution in [3.63, 3.8) is 0 Å². The molecule has 78 valence electrons. The highest BCUT2D eigenvalue weighted by molar-refractivity contribution is 9.10. The third-order valence-electron chi connectivity index (χ3n) is 2.08. The molecule has 0 saturated carbocycles. The average molecular weight is 269 g/mol. The van der Waals surface area contributed by atoms with Crippen LogP contribution in [-0.2, 0) is 0 Å². The lowest BCUT2D eigenvalue weighted by atomic mass is 10.4. The molecule has 0 fully saturated rings. The Kier molecular flexibility index (Phi) is 2.44. The number of halogens is 1. The Bertz CT molecular complexity index is 557. The third-order valence-corrected chi connectivity index (χ3v) is 3.23. The van der Waals surface area contributed by atoms with Crippen LogP contribution < -0.4 is 5.56 Å². The molecule has 5 nitrogen and oxygen atoms in total. The van der Waals surface area contributed by atoms with Gasteiger partial charge >= 0.3 is 0 Å². The molecular formula is C9H9BrN4O. The van der Waals surface area contributed by atoms with Crippen LogP contribution >= 0.6 is 15.9 Å². The fourth-order valence-corrected chi connectivity index (χ4v) is 1.57. The molecule has 0 radical (unpaired) electrons. The van der Waals surface area contributed by atoms with Crippen molar-refractivity contribution < 1.29 is 0 Å². The Morgan fingerprint density at radius 3 is 2.73 bits per heavy atom. The van der Waals surface area contributed by atoms with Gasteiger partial charge in [-0.05, 0) is 29.8 Å². The Morgan fingerprint density at radius 2 is 2.20 bits per heavy atom. The van der Waals surface area contributed by atoms with E-state index in [4.69, 9.17) is 0 Å². The van der Waals surface area contributed by atoms with Gasteiger partial charge in [-0.25, -0.2) is 9.67 Å². The second-order valence-electron chi connectivity index (χ2n) is 3.17. The SMILES string of the molecule is Cc1nn(-c2cc(=O)[nH]cn2)c(C)c1Br. The fourth-order valence-electron chi connectivity index (χ4n) is 1.32. The predicted octanol–water partition coefficient (Wildman–Crippen LogP) is 1.33. The number of nitrogens with one attached hydrogen (secondary N) is 1. The highest BCUT2D eigenvalue weighted by Gasteiger charge is 2.10. The summed E-state index contributed by atoms with van der Waals surface area (Å²) in [5.74, 6) is 0.519. The smallest absolute Gasteiger partial charge is 0.252 e. The van der Waals surface area contributed by atoms with Crippen molar-refractivity contribution in [1.29, 1.82) is 0 Å². The van der Waals surface area contributed by atoms with Crippen LogP contribution in [0.5, 0.6) is 0 Å². The van der Waals surface area contributed by atoms with Gasteiger partial charge in [0.1, 0.15) is 0 Å². The molecule has 0 bridgehead atoms. The summed E-state index contributed by atoms with van der Waals surface area (Å²) in [6.07, 6.45) is 1.36. The number of nitrogens with zero attached hydrogens (tertiary/aromatic N) is 3. The van der Waals surface area contributed by atoms with Crippen LogP contribution in [0, 0.1) is 13.8 Å². The summed E-state index contributed by atoms with van der Waals surface area (Å²) in [5, 5.41) is 4.28. The van der Waals surface area contributed by atoms with Crippen LogP contribution in [-0.4, -0.2) is 19.7 Å². The zero-order valence-corrected chi connectivity index (χ0v) is 9.87. The third kappa shape index (κ3) is 1.72. The van der Waals surface area contributed by atoms with E-state index in [0.29, 0.717) is 5.82 Å². The Hall–Kier alpha value is -1.43. The van der Waals surface area contributed by atoms with E-state index in [1.54, 1.807) is 4.68 Å². The number of aromatic nitrogens is 4. The second kappa shape index (κ2) is 3.62. The van der Waals surface area contributed by atoms with E-state index in [1.807, 2.05) is 13.8 Å². The monoisotopic (exact) mass is 268 g/mol. The van der Waals surface area contributed by atoms with Gasteiger partial charge in [-0.3, -0.25) is 4.79 Å². The topological polar surface area (TPSA) is 63.6 Å². The molecule has 0 spiro atoms. The molecule has 15 heavy (non-hydrogen) atoms. The molecule has 0 aliphatic rings. The van der Waals surface area contributed by atoms with Crippen molar-refractivity contribution in [3.05, 3.63) is 38.6 Å². The van der Waals surface area contributed by atoms with Crippen molar-refractivity contribution >= 4 is 15.9 Å². The molecular weight excluding hydrogens is 260 g/mol. The molecule has 2 heterocycles. The van der Waals surface area contributed by atoms with Crippen LogP contribution in [0.3, 0.4) is 0 Å². The van der Waals surface area contributed by atoms with Gasteiger partial charge in [0.15, 0.2) is 5.82 Å². The minimum absolute atomic E-state index is 0.191. The zero-order chi connectivity index (χ0) is 11.0. The van der Waals surface area contributed by atoms with Gasteiger partial charge in [-0.2, -0.15) is 5.10 Å². The second-order valence-corrected chi connectivity index (χ2v) is 3.96. The maximum absolute atomic E-state index is 11.1. The van der Waals surface area contributed by atoms with E-state index in [-0.39, 0.29) is 5.56 Å². The van der Waals surface area contributed by atoms with E-state index < -0.39 is 0 Å². The molecule has 2 rings (SSSR count). The zero-order valence-electron chi connectivity index (χ0n) is 8.28. The largest absolute Gasteiger partial charge is 0.313 e. The van der Waals surface area contributed by atoms with Crippen molar-refractivity contribution in [2.75, 3.05) is 0 Å². The van der Waals surface area contributed by atoms with Crippen molar-refractivity contribution in [1.82, 2.24) is 19.7 Å². The minimum atomic E-state index is -0.191. The van der Waals surface area contributed by atoms with Crippen molar-refractivity contribution in [2.45, 2.75) is 13.8 Å². The fraction of sp³-hybridized carbons (Fsp3) is 0.222. The normalized spacial score (nSPS) is 10.6. The minimum Gasteiger partial charge on any atom is -0.313 e. The summed E-state index contributed by atoms with van der Waals surface area (Å²) < 4.78 is 2.57. The molecule has 0 aromatic carbocycles. The van der Waals surface area contributed by atoms with E-state index >= 15 is 0 Å². The number of aromatic amines is 1. The summed E-state index contributed by atoms with van der Waals surface area (Å²) in [6, 6.07) is 1.41. The number of rotatable bonds is 1. The van der Waals surface area contributed by atoms with E-state index in [0.717, 1.165) is 15.9 Å². The lowest BCUT2D eigenvalue weighted by Crippen LogP contribution is -2.10. The highest BCUT2D eigenvalue weighted by atomic mass is 79.9. The Morgan fingerprint density at radius 1 is 1.47 bits per heavy atom. The van der Waals surface area contributed by atoms with E-state index in [9.17, 15) is 4.79 Å².